The fourth-order valence-electron chi connectivity index (χ4n) is 2.96. The Morgan fingerprint density at radius 2 is 2.08 bits per heavy atom. The predicted molar refractivity (Wildman–Crippen MR) is 90.9 cm³/mol. The normalized spacial score (nSPS) is 18.8. The maximum atomic E-state index is 10.3. The number of furan rings is 1. The van der Waals surface area contributed by atoms with E-state index in [-0.39, 0.29) is 12.7 Å². The van der Waals surface area contributed by atoms with E-state index < -0.39 is 6.10 Å². The van der Waals surface area contributed by atoms with E-state index in [2.05, 4.69) is 4.90 Å². The Morgan fingerprint density at radius 3 is 2.79 bits per heavy atom. The Hall–Kier alpha value is -1.82. The number of aliphatic hydroxyl groups excluding tert-OH is 1. The van der Waals surface area contributed by atoms with Crippen LogP contribution in [0.1, 0.15) is 18.6 Å². The summed E-state index contributed by atoms with van der Waals surface area (Å²) in [5.41, 5.74) is 0. The van der Waals surface area contributed by atoms with Gasteiger partial charge in [-0.1, -0.05) is 18.2 Å². The van der Waals surface area contributed by atoms with E-state index in [4.69, 9.17) is 13.9 Å². The molecule has 0 bridgehead atoms. The van der Waals surface area contributed by atoms with Crippen molar-refractivity contribution in [2.75, 3.05) is 26.3 Å². The Morgan fingerprint density at radius 1 is 1.21 bits per heavy atom. The fourth-order valence-corrected chi connectivity index (χ4v) is 2.96. The molecule has 0 spiro atoms. The van der Waals surface area contributed by atoms with Crippen molar-refractivity contribution in [1.29, 1.82) is 0 Å². The van der Waals surface area contributed by atoms with Crippen LogP contribution >= 0.6 is 0 Å². The summed E-state index contributed by atoms with van der Waals surface area (Å²) in [5, 5.41) is 10.3. The molecular weight excluding hydrogens is 306 g/mol. The molecule has 3 rings (SSSR count). The first-order valence-electron chi connectivity index (χ1n) is 8.52. The first kappa shape index (κ1) is 17.0. The number of para-hydroxylation sites is 1. The lowest BCUT2D eigenvalue weighted by atomic mass is 10.2. The third-order valence-corrected chi connectivity index (χ3v) is 4.10. The van der Waals surface area contributed by atoms with E-state index in [1.165, 1.54) is 0 Å². The number of hydrogen-bond donors (Lipinski definition) is 1. The van der Waals surface area contributed by atoms with Gasteiger partial charge in [0.2, 0.25) is 0 Å². The van der Waals surface area contributed by atoms with Gasteiger partial charge in [0.25, 0.3) is 0 Å². The van der Waals surface area contributed by atoms with Crippen LogP contribution in [0.15, 0.2) is 53.1 Å². The molecule has 0 aliphatic carbocycles. The van der Waals surface area contributed by atoms with Gasteiger partial charge < -0.3 is 19.0 Å². The molecule has 1 N–H and O–H groups in total. The van der Waals surface area contributed by atoms with Gasteiger partial charge in [0.15, 0.2) is 0 Å². The van der Waals surface area contributed by atoms with E-state index in [9.17, 15) is 5.11 Å². The largest absolute Gasteiger partial charge is 0.491 e. The summed E-state index contributed by atoms with van der Waals surface area (Å²) >= 11 is 0. The van der Waals surface area contributed by atoms with Crippen LogP contribution < -0.4 is 4.74 Å². The minimum atomic E-state index is -0.568. The van der Waals surface area contributed by atoms with Crippen LogP contribution in [0.3, 0.4) is 0 Å². The molecule has 0 radical (unpaired) electrons. The lowest BCUT2D eigenvalue weighted by molar-refractivity contribution is 0.0290. The molecule has 2 atom stereocenters. The number of ether oxygens (including phenoxy) is 2. The Kier molecular flexibility index (Phi) is 6.29. The topological polar surface area (TPSA) is 55.1 Å². The van der Waals surface area contributed by atoms with Crippen LogP contribution in [0.5, 0.6) is 5.75 Å². The van der Waals surface area contributed by atoms with Crippen LogP contribution in [-0.4, -0.2) is 48.5 Å². The first-order valence-corrected chi connectivity index (χ1v) is 8.52. The molecule has 0 saturated carbocycles. The summed E-state index contributed by atoms with van der Waals surface area (Å²) in [7, 11) is 0. The Bertz CT molecular complexity index is 566. The zero-order valence-corrected chi connectivity index (χ0v) is 13.8. The van der Waals surface area contributed by atoms with Crippen molar-refractivity contribution >= 4 is 0 Å². The second kappa shape index (κ2) is 8.87. The summed E-state index contributed by atoms with van der Waals surface area (Å²) in [6, 6.07) is 13.4. The SMILES string of the molecule is OC(COc1ccccc1)CN(Cc1ccco1)CC1CCCO1. The van der Waals surface area contributed by atoms with Crippen LogP contribution in [0.25, 0.3) is 0 Å². The van der Waals surface area contributed by atoms with E-state index >= 15 is 0 Å². The van der Waals surface area contributed by atoms with Gasteiger partial charge >= 0.3 is 0 Å². The zero-order chi connectivity index (χ0) is 16.6. The Balaban J connectivity index is 1.51. The van der Waals surface area contributed by atoms with Crippen molar-refractivity contribution in [3.63, 3.8) is 0 Å². The average molecular weight is 331 g/mol. The summed E-state index contributed by atoms with van der Waals surface area (Å²) in [6.07, 6.45) is 3.53. The number of nitrogens with zero attached hydrogens (tertiary/aromatic N) is 1. The molecule has 0 amide bonds. The molecule has 1 fully saturated rings. The third-order valence-electron chi connectivity index (χ3n) is 4.10. The molecule has 1 saturated heterocycles. The number of aliphatic hydroxyl groups is 1. The van der Waals surface area contributed by atoms with Crippen molar-refractivity contribution in [3.8, 4) is 5.75 Å². The third kappa shape index (κ3) is 5.37. The van der Waals surface area contributed by atoms with Crippen molar-refractivity contribution in [2.24, 2.45) is 0 Å². The van der Waals surface area contributed by atoms with E-state index in [1.807, 2.05) is 42.5 Å². The molecule has 1 aliphatic rings. The van der Waals surface area contributed by atoms with Gasteiger partial charge in [0, 0.05) is 19.7 Å². The van der Waals surface area contributed by atoms with Gasteiger partial charge in [0.05, 0.1) is 18.9 Å². The second-order valence-corrected chi connectivity index (χ2v) is 6.19. The van der Waals surface area contributed by atoms with Gasteiger partial charge in [-0.05, 0) is 37.1 Å². The molecule has 24 heavy (non-hydrogen) atoms. The van der Waals surface area contributed by atoms with E-state index in [0.717, 1.165) is 37.5 Å². The molecule has 2 unspecified atom stereocenters. The Labute approximate surface area is 142 Å². The predicted octanol–water partition coefficient (Wildman–Crippen LogP) is 2.70. The summed E-state index contributed by atoms with van der Waals surface area (Å²) < 4.78 is 16.8. The quantitative estimate of drug-likeness (QED) is 0.766. The van der Waals surface area contributed by atoms with Gasteiger partial charge in [0.1, 0.15) is 24.2 Å². The van der Waals surface area contributed by atoms with Gasteiger partial charge in [-0.25, -0.2) is 0 Å². The minimum absolute atomic E-state index is 0.238. The molecule has 2 heterocycles. The molecule has 5 nitrogen and oxygen atoms in total. The van der Waals surface area contributed by atoms with Crippen molar-refractivity contribution in [1.82, 2.24) is 4.90 Å². The van der Waals surface area contributed by atoms with Crippen molar-refractivity contribution in [3.05, 3.63) is 54.5 Å². The fraction of sp³-hybridized carbons (Fsp3) is 0.474. The van der Waals surface area contributed by atoms with Crippen LogP contribution in [0.4, 0.5) is 0 Å². The van der Waals surface area contributed by atoms with Gasteiger partial charge in [-0.2, -0.15) is 0 Å². The molecule has 130 valence electrons. The highest BCUT2D eigenvalue weighted by atomic mass is 16.5. The number of benzene rings is 1. The van der Waals surface area contributed by atoms with E-state index in [0.29, 0.717) is 13.1 Å². The number of hydrogen-bond acceptors (Lipinski definition) is 5. The minimum Gasteiger partial charge on any atom is -0.491 e. The monoisotopic (exact) mass is 331 g/mol. The van der Waals surface area contributed by atoms with Crippen LogP contribution in [-0.2, 0) is 11.3 Å². The van der Waals surface area contributed by atoms with Crippen LogP contribution in [0.2, 0.25) is 0 Å². The number of rotatable bonds is 9. The highest BCUT2D eigenvalue weighted by molar-refractivity contribution is 5.20. The molecule has 2 aromatic rings. The molecule has 1 aromatic heterocycles. The second-order valence-electron chi connectivity index (χ2n) is 6.19. The van der Waals surface area contributed by atoms with Crippen molar-refractivity contribution < 1.29 is 19.0 Å². The molecule has 1 aromatic carbocycles. The van der Waals surface area contributed by atoms with Gasteiger partial charge in [-0.3, -0.25) is 4.90 Å². The summed E-state index contributed by atoms with van der Waals surface area (Å²) in [6.45, 7) is 3.08. The van der Waals surface area contributed by atoms with Gasteiger partial charge in [-0.15, -0.1) is 0 Å². The highest BCUT2D eigenvalue weighted by Crippen LogP contribution is 2.16. The standard InChI is InChI=1S/C19H25NO4/c21-16(15-24-17-6-2-1-3-7-17)12-20(13-18-8-4-10-22-18)14-19-9-5-11-23-19/h1-4,6-8,10,16,19,21H,5,9,11-15H2. The van der Waals surface area contributed by atoms with E-state index in [1.54, 1.807) is 6.26 Å². The molecular formula is C19H25NO4. The molecule has 1 aliphatic heterocycles. The summed E-state index contributed by atoms with van der Waals surface area (Å²) in [4.78, 5) is 2.17. The maximum Gasteiger partial charge on any atom is 0.119 e. The maximum absolute atomic E-state index is 10.3. The average Bonchev–Trinajstić information content (AvgIpc) is 3.28. The summed E-state index contributed by atoms with van der Waals surface area (Å²) in [5.74, 6) is 1.66. The lowest BCUT2D eigenvalue weighted by Gasteiger charge is -2.26. The zero-order valence-electron chi connectivity index (χ0n) is 13.8. The van der Waals surface area contributed by atoms with Crippen molar-refractivity contribution in [2.45, 2.75) is 31.6 Å². The van der Waals surface area contributed by atoms with Crippen LogP contribution in [0, 0.1) is 0 Å². The first-order chi connectivity index (χ1) is 11.8. The molecule has 5 heteroatoms. The smallest absolute Gasteiger partial charge is 0.119 e. The lowest BCUT2D eigenvalue weighted by Crippen LogP contribution is -2.39. The highest BCUT2D eigenvalue weighted by Gasteiger charge is 2.22.